The van der Waals surface area contributed by atoms with Crippen molar-refractivity contribution in [1.29, 1.82) is 0 Å². The summed E-state index contributed by atoms with van der Waals surface area (Å²) < 4.78 is 5.51. The van der Waals surface area contributed by atoms with Gasteiger partial charge in [-0.2, -0.15) is 0 Å². The van der Waals surface area contributed by atoms with Crippen LogP contribution in [0.15, 0.2) is 4.99 Å². The molecule has 2 N–H and O–H groups in total. The van der Waals surface area contributed by atoms with Gasteiger partial charge in [0.05, 0.1) is 6.04 Å². The van der Waals surface area contributed by atoms with Gasteiger partial charge in [0.25, 0.3) is 0 Å². The first-order valence-electron chi connectivity index (χ1n) is 4.22. The first kappa shape index (κ1) is 7.10. The number of hydrogen-bond acceptors (Lipinski definition) is 3. The molecule has 3 nitrogen and oxygen atoms in total. The van der Waals surface area contributed by atoms with E-state index in [2.05, 4.69) is 4.99 Å². The molecule has 3 unspecified atom stereocenters. The largest absolute Gasteiger partial charge is 0.476 e. The highest BCUT2D eigenvalue weighted by Crippen LogP contribution is 2.27. The summed E-state index contributed by atoms with van der Waals surface area (Å²) >= 11 is 0. The van der Waals surface area contributed by atoms with Crippen molar-refractivity contribution in [2.24, 2.45) is 10.7 Å². The summed E-state index contributed by atoms with van der Waals surface area (Å²) in [6.45, 7) is 1.92. The number of rotatable bonds is 0. The maximum absolute atomic E-state index is 5.81. The van der Waals surface area contributed by atoms with Crippen LogP contribution in [0.25, 0.3) is 0 Å². The molecule has 1 heterocycles. The molecule has 0 aromatic carbocycles. The van der Waals surface area contributed by atoms with Crippen LogP contribution < -0.4 is 5.73 Å². The minimum Gasteiger partial charge on any atom is -0.476 e. The molecule has 0 aromatic rings. The van der Waals surface area contributed by atoms with Crippen molar-refractivity contribution in [3.63, 3.8) is 0 Å². The normalized spacial score (nSPS) is 42.7. The highest BCUT2D eigenvalue weighted by atomic mass is 16.5. The molecule has 1 saturated carbocycles. The van der Waals surface area contributed by atoms with Crippen molar-refractivity contribution in [2.45, 2.75) is 44.4 Å². The van der Waals surface area contributed by atoms with Crippen LogP contribution in [0.3, 0.4) is 0 Å². The van der Waals surface area contributed by atoms with E-state index in [-0.39, 0.29) is 0 Å². The van der Waals surface area contributed by atoms with Crippen LogP contribution >= 0.6 is 0 Å². The van der Waals surface area contributed by atoms with E-state index >= 15 is 0 Å². The Morgan fingerprint density at radius 3 is 3.18 bits per heavy atom. The summed E-state index contributed by atoms with van der Waals surface area (Å²) in [6, 6.07) is 0.743. The fraction of sp³-hybridized carbons (Fsp3) is 0.875. The van der Waals surface area contributed by atoms with Crippen LogP contribution in [-0.4, -0.2) is 24.1 Å². The van der Waals surface area contributed by atoms with Gasteiger partial charge in [0.1, 0.15) is 6.10 Å². The molecule has 0 radical (unpaired) electrons. The average molecular weight is 154 g/mol. The van der Waals surface area contributed by atoms with Gasteiger partial charge in [0, 0.05) is 19.4 Å². The molecule has 0 bridgehead atoms. The fourth-order valence-electron chi connectivity index (χ4n) is 1.90. The Morgan fingerprint density at radius 2 is 2.36 bits per heavy atom. The second kappa shape index (κ2) is 2.48. The van der Waals surface area contributed by atoms with E-state index in [9.17, 15) is 0 Å². The lowest BCUT2D eigenvalue weighted by Gasteiger charge is -2.26. The van der Waals surface area contributed by atoms with Gasteiger partial charge in [-0.15, -0.1) is 0 Å². The Labute approximate surface area is 66.6 Å². The van der Waals surface area contributed by atoms with Crippen molar-refractivity contribution in [2.75, 3.05) is 0 Å². The predicted octanol–water partition coefficient (Wildman–Crippen LogP) is 0.683. The lowest BCUT2D eigenvalue weighted by Crippen LogP contribution is -2.37. The molecule has 0 saturated heterocycles. The Bertz CT molecular complexity index is 191. The minimum absolute atomic E-state index is 0.291. The van der Waals surface area contributed by atoms with E-state index in [0.717, 1.165) is 25.2 Å². The second-order valence-corrected chi connectivity index (χ2v) is 3.44. The zero-order chi connectivity index (χ0) is 7.84. The zero-order valence-corrected chi connectivity index (χ0v) is 6.79. The molecule has 1 aliphatic heterocycles. The number of ether oxygens (including phenoxy) is 1. The van der Waals surface area contributed by atoms with Crippen LogP contribution in [0.5, 0.6) is 0 Å². The van der Waals surface area contributed by atoms with Gasteiger partial charge in [-0.05, 0) is 12.8 Å². The maximum atomic E-state index is 5.81. The highest BCUT2D eigenvalue weighted by Gasteiger charge is 2.34. The molecule has 3 atom stereocenters. The third-order valence-corrected chi connectivity index (χ3v) is 2.47. The van der Waals surface area contributed by atoms with Gasteiger partial charge in [-0.25, -0.2) is 4.99 Å². The average Bonchev–Trinajstić information content (AvgIpc) is 2.27. The summed E-state index contributed by atoms with van der Waals surface area (Å²) in [5.41, 5.74) is 5.81. The van der Waals surface area contributed by atoms with Crippen molar-refractivity contribution in [3.05, 3.63) is 0 Å². The van der Waals surface area contributed by atoms with Crippen molar-refractivity contribution >= 4 is 5.90 Å². The second-order valence-electron chi connectivity index (χ2n) is 3.44. The molecule has 3 heteroatoms. The Balaban J connectivity index is 2.03. The van der Waals surface area contributed by atoms with Gasteiger partial charge in [0.15, 0.2) is 5.90 Å². The molecule has 1 fully saturated rings. The van der Waals surface area contributed by atoms with Crippen molar-refractivity contribution in [3.8, 4) is 0 Å². The first-order valence-corrected chi connectivity index (χ1v) is 4.22. The Kier molecular flexibility index (Phi) is 1.60. The summed E-state index contributed by atoms with van der Waals surface area (Å²) in [5, 5.41) is 0. The molecule has 0 spiro atoms. The van der Waals surface area contributed by atoms with E-state index in [1.54, 1.807) is 0 Å². The summed E-state index contributed by atoms with van der Waals surface area (Å²) in [5.74, 6) is 0.842. The molecular formula is C8H14N2O. The number of fused-ring (bicyclic) bond motifs is 1. The minimum atomic E-state index is 0.291. The molecule has 62 valence electrons. The van der Waals surface area contributed by atoms with Crippen LogP contribution in [0.4, 0.5) is 0 Å². The van der Waals surface area contributed by atoms with Gasteiger partial charge < -0.3 is 10.5 Å². The van der Waals surface area contributed by atoms with E-state index < -0.39 is 0 Å². The van der Waals surface area contributed by atoms with Crippen molar-refractivity contribution in [1.82, 2.24) is 0 Å². The third-order valence-electron chi connectivity index (χ3n) is 2.47. The maximum Gasteiger partial charge on any atom is 0.180 e. The van der Waals surface area contributed by atoms with Gasteiger partial charge in [-0.1, -0.05) is 0 Å². The molecular weight excluding hydrogens is 140 g/mol. The molecule has 11 heavy (non-hydrogen) atoms. The Hall–Kier alpha value is -0.570. The predicted molar refractivity (Wildman–Crippen MR) is 43.6 cm³/mol. The quantitative estimate of drug-likeness (QED) is 0.558. The zero-order valence-electron chi connectivity index (χ0n) is 6.79. The smallest absolute Gasteiger partial charge is 0.180 e. The molecule has 2 aliphatic rings. The summed E-state index contributed by atoms with van der Waals surface area (Å²) in [7, 11) is 0. The van der Waals surface area contributed by atoms with Crippen molar-refractivity contribution < 1.29 is 4.74 Å². The van der Waals surface area contributed by atoms with E-state index in [4.69, 9.17) is 10.5 Å². The van der Waals surface area contributed by atoms with Gasteiger partial charge >= 0.3 is 0 Å². The topological polar surface area (TPSA) is 47.6 Å². The lowest BCUT2D eigenvalue weighted by atomic mass is 9.90. The van der Waals surface area contributed by atoms with Gasteiger partial charge in [0.2, 0.25) is 0 Å². The standard InChI is InChI=1S/C8H14N2O/c1-5-10-7-3-2-6(9)4-8(7)11-5/h6-8H,2-4,9H2,1H3. The van der Waals surface area contributed by atoms with Crippen LogP contribution in [0.2, 0.25) is 0 Å². The van der Waals surface area contributed by atoms with Gasteiger partial charge in [-0.3, -0.25) is 0 Å². The molecule has 0 amide bonds. The lowest BCUT2D eigenvalue weighted by molar-refractivity contribution is 0.141. The third kappa shape index (κ3) is 1.25. The van der Waals surface area contributed by atoms with Crippen LogP contribution in [0.1, 0.15) is 26.2 Å². The number of nitrogens with zero attached hydrogens (tertiary/aromatic N) is 1. The number of nitrogens with two attached hydrogens (primary N) is 1. The molecule has 0 aromatic heterocycles. The van der Waals surface area contributed by atoms with E-state index in [1.807, 2.05) is 6.92 Å². The SMILES string of the molecule is CC1=NC2CCC(N)CC2O1. The Morgan fingerprint density at radius 1 is 1.55 bits per heavy atom. The van der Waals surface area contributed by atoms with E-state index in [1.165, 1.54) is 0 Å². The van der Waals surface area contributed by atoms with Crippen LogP contribution in [0, 0.1) is 0 Å². The highest BCUT2D eigenvalue weighted by molar-refractivity contribution is 5.75. The number of aliphatic imine (C=N–C) groups is 1. The van der Waals surface area contributed by atoms with E-state index in [0.29, 0.717) is 18.2 Å². The molecule has 2 rings (SSSR count). The summed E-state index contributed by atoms with van der Waals surface area (Å²) in [6.07, 6.45) is 3.47. The monoisotopic (exact) mass is 154 g/mol. The number of hydrogen-bond donors (Lipinski definition) is 1. The summed E-state index contributed by atoms with van der Waals surface area (Å²) in [4.78, 5) is 4.38. The van der Waals surface area contributed by atoms with Crippen LogP contribution in [-0.2, 0) is 4.74 Å². The molecule has 1 aliphatic carbocycles. The first-order chi connectivity index (χ1) is 5.25. The fourth-order valence-corrected chi connectivity index (χ4v) is 1.90.